The summed E-state index contributed by atoms with van der Waals surface area (Å²) in [5, 5.41) is 0. The number of nitrogens with two attached hydrogens (primary N) is 1. The summed E-state index contributed by atoms with van der Waals surface area (Å²) in [5.74, 6) is 0. The predicted molar refractivity (Wildman–Crippen MR) is 39.9 cm³/mol. The number of likely N-dealkylation sites (N-methyl/N-ethyl adjacent to an activating group) is 1. The molecule has 48 valence electrons. The average molecular weight is 132 g/mol. The summed E-state index contributed by atoms with van der Waals surface area (Å²) >= 11 is 4.73. The van der Waals surface area contributed by atoms with Crippen molar-refractivity contribution in [2.45, 2.75) is 13.0 Å². The third-order valence-corrected chi connectivity index (χ3v) is 1.53. The molecule has 0 aromatic heterocycles. The first kappa shape index (κ1) is 7.85. The van der Waals surface area contributed by atoms with E-state index in [2.05, 4.69) is 0 Å². The van der Waals surface area contributed by atoms with Crippen LogP contribution in [0.25, 0.3) is 0 Å². The lowest BCUT2D eigenvalue weighted by Crippen LogP contribution is -2.36. The number of nitrogens with zero attached hydrogens (tertiary/aromatic N) is 1. The molecule has 0 aliphatic rings. The van der Waals surface area contributed by atoms with Gasteiger partial charge < -0.3 is 10.6 Å². The molecule has 0 saturated heterocycles. The zero-order valence-electron chi connectivity index (χ0n) is 5.51. The summed E-state index contributed by atoms with van der Waals surface area (Å²) in [6, 6.07) is 0.213. The Hall–Kier alpha value is -0.150. The van der Waals surface area contributed by atoms with Gasteiger partial charge in [0, 0.05) is 0 Å². The molecule has 0 fully saturated rings. The molecular weight excluding hydrogens is 120 g/mol. The van der Waals surface area contributed by atoms with Gasteiger partial charge >= 0.3 is 0 Å². The van der Waals surface area contributed by atoms with Gasteiger partial charge in [0.15, 0.2) is 0 Å². The molecule has 3 heteroatoms. The molecule has 0 aliphatic heterocycles. The molecular formula is C5H12N2S. The van der Waals surface area contributed by atoms with E-state index in [1.54, 1.807) is 0 Å². The van der Waals surface area contributed by atoms with Crippen LogP contribution >= 0.6 is 12.2 Å². The Morgan fingerprint density at radius 1 is 1.62 bits per heavy atom. The van der Waals surface area contributed by atoms with E-state index < -0.39 is 0 Å². The van der Waals surface area contributed by atoms with Gasteiger partial charge in [-0.2, -0.15) is 0 Å². The quantitative estimate of drug-likeness (QED) is 0.545. The maximum Gasteiger partial charge on any atom is 0.0898 e. The zero-order chi connectivity index (χ0) is 6.73. The van der Waals surface area contributed by atoms with Crippen molar-refractivity contribution in [3.8, 4) is 0 Å². The van der Waals surface area contributed by atoms with Crippen LogP contribution in [0, 0.1) is 0 Å². The van der Waals surface area contributed by atoms with Crippen molar-refractivity contribution in [2.24, 2.45) is 5.73 Å². The van der Waals surface area contributed by atoms with Gasteiger partial charge in [-0.15, -0.1) is 0 Å². The van der Waals surface area contributed by atoms with Crippen LogP contribution in [-0.2, 0) is 0 Å². The zero-order valence-corrected chi connectivity index (χ0v) is 6.33. The molecule has 0 aromatic carbocycles. The number of rotatable bonds is 2. The highest BCUT2D eigenvalue weighted by Crippen LogP contribution is 1.89. The molecule has 0 aliphatic carbocycles. The van der Waals surface area contributed by atoms with Crippen LogP contribution < -0.4 is 5.73 Å². The topological polar surface area (TPSA) is 29.3 Å². The van der Waals surface area contributed by atoms with Crippen LogP contribution in [0.2, 0.25) is 0 Å². The summed E-state index contributed by atoms with van der Waals surface area (Å²) in [4.78, 5) is 2.53. The minimum atomic E-state index is 0.213. The summed E-state index contributed by atoms with van der Waals surface area (Å²) in [6.45, 7) is 1.97. The maximum atomic E-state index is 5.33. The second kappa shape index (κ2) is 2.99. The van der Waals surface area contributed by atoms with E-state index in [0.717, 1.165) is 0 Å². The monoisotopic (exact) mass is 132 g/mol. The highest BCUT2D eigenvalue weighted by Gasteiger charge is 2.04. The fourth-order valence-corrected chi connectivity index (χ4v) is 0.465. The fourth-order valence-electron chi connectivity index (χ4n) is 0.254. The molecule has 0 rings (SSSR count). The molecule has 0 amide bonds. The van der Waals surface area contributed by atoms with Crippen molar-refractivity contribution >= 4 is 17.2 Å². The van der Waals surface area contributed by atoms with Crippen molar-refractivity contribution in [1.82, 2.24) is 4.90 Å². The van der Waals surface area contributed by atoms with Crippen LogP contribution in [-0.4, -0.2) is 30.0 Å². The molecule has 0 aromatic rings. The van der Waals surface area contributed by atoms with Gasteiger partial charge in [0.05, 0.1) is 11.0 Å². The third kappa shape index (κ3) is 2.23. The Balaban J connectivity index is 3.64. The molecule has 0 bridgehead atoms. The standard InChI is InChI=1S/C5H12N2S/c1-4(5(6)8)7(2)3/h4H,1-3H3,(H2,6,8). The number of hydrogen-bond acceptors (Lipinski definition) is 2. The molecule has 0 radical (unpaired) electrons. The van der Waals surface area contributed by atoms with E-state index in [4.69, 9.17) is 18.0 Å². The Labute approximate surface area is 55.7 Å². The highest BCUT2D eigenvalue weighted by molar-refractivity contribution is 7.80. The van der Waals surface area contributed by atoms with Crippen LogP contribution in [0.15, 0.2) is 0 Å². The number of hydrogen-bond donors (Lipinski definition) is 1. The Kier molecular flexibility index (Phi) is 2.94. The van der Waals surface area contributed by atoms with Crippen molar-refractivity contribution in [1.29, 1.82) is 0 Å². The lowest BCUT2D eigenvalue weighted by molar-refractivity contribution is 0.383. The lowest BCUT2D eigenvalue weighted by atomic mass is 10.3. The summed E-state index contributed by atoms with van der Waals surface area (Å²) in [7, 11) is 3.90. The second-order valence-corrected chi connectivity index (χ2v) is 2.51. The molecule has 0 saturated carbocycles. The normalized spacial score (nSPS) is 14.0. The molecule has 0 spiro atoms. The largest absolute Gasteiger partial charge is 0.392 e. The van der Waals surface area contributed by atoms with E-state index in [1.165, 1.54) is 0 Å². The van der Waals surface area contributed by atoms with Crippen LogP contribution in [0.4, 0.5) is 0 Å². The van der Waals surface area contributed by atoms with E-state index in [9.17, 15) is 0 Å². The van der Waals surface area contributed by atoms with Gasteiger partial charge in [-0.05, 0) is 21.0 Å². The van der Waals surface area contributed by atoms with Gasteiger partial charge in [0.2, 0.25) is 0 Å². The SMILES string of the molecule is CC(C(N)=S)N(C)C. The van der Waals surface area contributed by atoms with Gasteiger partial charge in [0.1, 0.15) is 0 Å². The third-order valence-electron chi connectivity index (χ3n) is 1.19. The summed E-state index contributed by atoms with van der Waals surface area (Å²) in [5.41, 5.74) is 5.33. The summed E-state index contributed by atoms with van der Waals surface area (Å²) in [6.07, 6.45) is 0. The van der Waals surface area contributed by atoms with Crippen LogP contribution in [0.1, 0.15) is 6.92 Å². The predicted octanol–water partition coefficient (Wildman–Crippen LogP) is 0.223. The van der Waals surface area contributed by atoms with Gasteiger partial charge in [0.25, 0.3) is 0 Å². The lowest BCUT2D eigenvalue weighted by Gasteiger charge is -2.17. The Morgan fingerprint density at radius 2 is 2.00 bits per heavy atom. The molecule has 2 N–H and O–H groups in total. The number of thiocarbonyl (C=S) groups is 1. The van der Waals surface area contributed by atoms with Gasteiger partial charge in [-0.1, -0.05) is 12.2 Å². The first-order valence-corrected chi connectivity index (χ1v) is 2.92. The van der Waals surface area contributed by atoms with E-state index >= 15 is 0 Å². The van der Waals surface area contributed by atoms with E-state index in [0.29, 0.717) is 4.99 Å². The first-order chi connectivity index (χ1) is 3.55. The second-order valence-electron chi connectivity index (χ2n) is 2.04. The Morgan fingerprint density at radius 3 is 2.00 bits per heavy atom. The minimum absolute atomic E-state index is 0.213. The average Bonchev–Trinajstić information content (AvgIpc) is 1.64. The first-order valence-electron chi connectivity index (χ1n) is 2.51. The van der Waals surface area contributed by atoms with Crippen LogP contribution in [0.3, 0.4) is 0 Å². The van der Waals surface area contributed by atoms with Gasteiger partial charge in [-0.3, -0.25) is 0 Å². The molecule has 8 heavy (non-hydrogen) atoms. The molecule has 2 nitrogen and oxygen atoms in total. The maximum absolute atomic E-state index is 5.33. The van der Waals surface area contributed by atoms with Gasteiger partial charge in [-0.25, -0.2) is 0 Å². The van der Waals surface area contributed by atoms with Crippen LogP contribution in [0.5, 0.6) is 0 Å². The highest BCUT2D eigenvalue weighted by atomic mass is 32.1. The Bertz CT molecular complexity index is 90.4. The van der Waals surface area contributed by atoms with Crippen molar-refractivity contribution in [3.63, 3.8) is 0 Å². The van der Waals surface area contributed by atoms with Crippen molar-refractivity contribution < 1.29 is 0 Å². The van der Waals surface area contributed by atoms with Crippen molar-refractivity contribution in [3.05, 3.63) is 0 Å². The van der Waals surface area contributed by atoms with Crippen molar-refractivity contribution in [2.75, 3.05) is 14.1 Å². The summed E-state index contributed by atoms with van der Waals surface area (Å²) < 4.78 is 0. The fraction of sp³-hybridized carbons (Fsp3) is 0.800. The smallest absolute Gasteiger partial charge is 0.0898 e. The minimum Gasteiger partial charge on any atom is -0.392 e. The van der Waals surface area contributed by atoms with E-state index in [1.807, 2.05) is 25.9 Å². The molecule has 1 unspecified atom stereocenters. The van der Waals surface area contributed by atoms with E-state index in [-0.39, 0.29) is 6.04 Å². The molecule has 0 heterocycles. The molecule has 1 atom stereocenters.